The zero-order valence-electron chi connectivity index (χ0n) is 20.0. The number of carbonyl (C=O) groups is 1. The molecule has 1 N–H and O–H groups in total. The van der Waals surface area contributed by atoms with Gasteiger partial charge in [0.05, 0.1) is 14.2 Å². The van der Waals surface area contributed by atoms with Gasteiger partial charge in [-0.2, -0.15) is 0 Å². The molecular formula is C29H32N2O3. The second-order valence-corrected chi connectivity index (χ2v) is 8.07. The Bertz CT molecular complexity index is 1070. The molecule has 0 aliphatic carbocycles. The highest BCUT2D eigenvalue weighted by Crippen LogP contribution is 2.28. The number of amides is 1. The number of rotatable bonds is 11. The third-order valence-electron chi connectivity index (χ3n) is 5.49. The van der Waals surface area contributed by atoms with Crippen LogP contribution in [0.25, 0.3) is 5.57 Å². The molecular weight excluding hydrogens is 424 g/mol. The first kappa shape index (κ1) is 24.8. The van der Waals surface area contributed by atoms with Gasteiger partial charge in [0.15, 0.2) is 0 Å². The van der Waals surface area contributed by atoms with Crippen molar-refractivity contribution >= 4 is 11.5 Å². The number of hydrogen-bond donors (Lipinski definition) is 1. The molecule has 5 heteroatoms. The highest BCUT2D eigenvalue weighted by molar-refractivity contribution is 5.89. The second kappa shape index (κ2) is 13.0. The Hall–Kier alpha value is -3.86. The lowest BCUT2D eigenvalue weighted by atomic mass is 9.97. The van der Waals surface area contributed by atoms with Crippen LogP contribution < -0.4 is 14.8 Å². The Morgan fingerprint density at radius 1 is 1.00 bits per heavy atom. The molecule has 1 heterocycles. The molecule has 0 saturated heterocycles. The molecule has 0 fully saturated rings. The molecule has 0 radical (unpaired) electrons. The highest BCUT2D eigenvalue weighted by Gasteiger charge is 2.08. The van der Waals surface area contributed by atoms with Gasteiger partial charge >= 0.3 is 0 Å². The minimum Gasteiger partial charge on any atom is -0.497 e. The summed E-state index contributed by atoms with van der Waals surface area (Å²) < 4.78 is 10.8. The van der Waals surface area contributed by atoms with Crippen LogP contribution in [0.3, 0.4) is 0 Å². The van der Waals surface area contributed by atoms with Gasteiger partial charge in [-0.1, -0.05) is 42.5 Å². The third kappa shape index (κ3) is 7.62. The number of ether oxygens (including phenoxy) is 2. The number of pyridine rings is 1. The Morgan fingerprint density at radius 3 is 2.26 bits per heavy atom. The smallest absolute Gasteiger partial charge is 0.244 e. The Balaban J connectivity index is 1.67. The minimum absolute atomic E-state index is 0.0917. The van der Waals surface area contributed by atoms with Crippen LogP contribution >= 0.6 is 0 Å². The van der Waals surface area contributed by atoms with E-state index in [1.807, 2.05) is 73.8 Å². The van der Waals surface area contributed by atoms with E-state index < -0.39 is 0 Å². The van der Waals surface area contributed by atoms with Crippen molar-refractivity contribution in [3.05, 3.63) is 108 Å². The normalized spacial score (nSPS) is 11.6. The number of aryl methyl sites for hydroxylation is 1. The topological polar surface area (TPSA) is 60.5 Å². The molecule has 5 nitrogen and oxygen atoms in total. The number of methoxy groups -OCH3 is 2. The van der Waals surface area contributed by atoms with Gasteiger partial charge in [0.1, 0.15) is 11.5 Å². The van der Waals surface area contributed by atoms with E-state index in [1.54, 1.807) is 32.6 Å². The van der Waals surface area contributed by atoms with Gasteiger partial charge < -0.3 is 14.8 Å². The molecule has 1 aromatic heterocycles. The van der Waals surface area contributed by atoms with Crippen molar-refractivity contribution in [1.82, 2.24) is 10.3 Å². The van der Waals surface area contributed by atoms with Crippen molar-refractivity contribution < 1.29 is 14.3 Å². The van der Waals surface area contributed by atoms with Gasteiger partial charge in [0.2, 0.25) is 5.91 Å². The molecule has 0 saturated carbocycles. The third-order valence-corrected chi connectivity index (χ3v) is 5.49. The monoisotopic (exact) mass is 456 g/mol. The number of nitrogens with one attached hydrogen (secondary N) is 1. The predicted octanol–water partition coefficient (Wildman–Crippen LogP) is 5.61. The fourth-order valence-corrected chi connectivity index (χ4v) is 3.69. The van der Waals surface area contributed by atoms with E-state index >= 15 is 0 Å². The standard InChI is InChI=1S/C29H32N2O3/c1-22(9-4-10-23-11-8-18-30-21-23)31-29(32)17-7-16-28(24-12-5-14-26(19-24)33-2)25-13-6-15-27(20-25)34-3/h5-8,11-22H,4,9-10H2,1-3H3,(H,31,32)/b17-7+/t22-/m0/s1. The van der Waals surface area contributed by atoms with Crippen LogP contribution in [0.1, 0.15) is 36.5 Å². The summed E-state index contributed by atoms with van der Waals surface area (Å²) in [6, 6.07) is 19.8. The van der Waals surface area contributed by atoms with Crippen molar-refractivity contribution in [1.29, 1.82) is 0 Å². The average molecular weight is 457 g/mol. The van der Waals surface area contributed by atoms with E-state index in [2.05, 4.69) is 16.4 Å². The lowest BCUT2D eigenvalue weighted by Gasteiger charge is -2.12. The zero-order chi connectivity index (χ0) is 24.2. The fraction of sp³-hybridized carbons (Fsp3) is 0.241. The van der Waals surface area contributed by atoms with Gasteiger partial charge in [-0.05, 0) is 78.8 Å². The van der Waals surface area contributed by atoms with Crippen LogP contribution in [0.4, 0.5) is 0 Å². The van der Waals surface area contributed by atoms with Crippen LogP contribution in [0, 0.1) is 0 Å². The van der Waals surface area contributed by atoms with E-state index in [0.717, 1.165) is 47.5 Å². The SMILES string of the molecule is COc1cccc(C(=C/C=C/C(=O)N[C@@H](C)CCCc2cccnc2)c2cccc(OC)c2)c1. The van der Waals surface area contributed by atoms with Crippen molar-refractivity contribution in [3.63, 3.8) is 0 Å². The highest BCUT2D eigenvalue weighted by atomic mass is 16.5. The first-order chi connectivity index (χ1) is 16.6. The predicted molar refractivity (Wildman–Crippen MR) is 137 cm³/mol. The molecule has 176 valence electrons. The second-order valence-electron chi connectivity index (χ2n) is 8.07. The summed E-state index contributed by atoms with van der Waals surface area (Å²) >= 11 is 0. The van der Waals surface area contributed by atoms with Crippen molar-refractivity contribution in [2.24, 2.45) is 0 Å². The summed E-state index contributed by atoms with van der Waals surface area (Å²) in [5.41, 5.74) is 4.16. The molecule has 0 spiro atoms. The van der Waals surface area contributed by atoms with Crippen LogP contribution in [0.15, 0.2) is 91.3 Å². The van der Waals surface area contributed by atoms with Crippen LogP contribution in [0.2, 0.25) is 0 Å². The maximum absolute atomic E-state index is 12.5. The van der Waals surface area contributed by atoms with Gasteiger partial charge in [-0.15, -0.1) is 0 Å². The number of nitrogens with zero attached hydrogens (tertiary/aromatic N) is 1. The number of hydrogen-bond acceptors (Lipinski definition) is 4. The first-order valence-corrected chi connectivity index (χ1v) is 11.5. The summed E-state index contributed by atoms with van der Waals surface area (Å²) in [7, 11) is 3.30. The molecule has 0 bridgehead atoms. The van der Waals surface area contributed by atoms with E-state index in [-0.39, 0.29) is 11.9 Å². The van der Waals surface area contributed by atoms with E-state index in [4.69, 9.17) is 9.47 Å². The number of aromatic nitrogens is 1. The molecule has 3 rings (SSSR count). The molecule has 1 atom stereocenters. The number of benzene rings is 2. The van der Waals surface area contributed by atoms with Crippen LogP contribution in [-0.2, 0) is 11.2 Å². The Labute approximate surface area is 202 Å². The summed E-state index contributed by atoms with van der Waals surface area (Å²) in [6.07, 6.45) is 11.8. The largest absolute Gasteiger partial charge is 0.497 e. The quantitative estimate of drug-likeness (QED) is 0.301. The van der Waals surface area contributed by atoms with Gasteiger partial charge in [-0.25, -0.2) is 0 Å². The summed E-state index contributed by atoms with van der Waals surface area (Å²) in [5.74, 6) is 1.43. The maximum Gasteiger partial charge on any atom is 0.244 e. The van der Waals surface area contributed by atoms with Gasteiger partial charge in [0, 0.05) is 24.5 Å². The minimum atomic E-state index is -0.110. The zero-order valence-corrected chi connectivity index (χ0v) is 20.0. The molecule has 0 aliphatic rings. The van der Waals surface area contributed by atoms with E-state index in [9.17, 15) is 4.79 Å². The average Bonchev–Trinajstić information content (AvgIpc) is 2.87. The summed E-state index contributed by atoms with van der Waals surface area (Å²) in [6.45, 7) is 2.03. The number of allylic oxidation sites excluding steroid dienone is 2. The summed E-state index contributed by atoms with van der Waals surface area (Å²) in [5, 5.41) is 3.05. The first-order valence-electron chi connectivity index (χ1n) is 11.5. The van der Waals surface area contributed by atoms with E-state index in [0.29, 0.717) is 0 Å². The summed E-state index contributed by atoms with van der Waals surface area (Å²) in [4.78, 5) is 16.6. The molecule has 3 aromatic rings. The molecule has 34 heavy (non-hydrogen) atoms. The molecule has 1 amide bonds. The fourth-order valence-electron chi connectivity index (χ4n) is 3.69. The lowest BCUT2D eigenvalue weighted by Crippen LogP contribution is -2.31. The lowest BCUT2D eigenvalue weighted by molar-refractivity contribution is -0.117. The van der Waals surface area contributed by atoms with Crippen LogP contribution in [-0.4, -0.2) is 31.2 Å². The Morgan fingerprint density at radius 2 is 1.68 bits per heavy atom. The molecule has 0 aliphatic heterocycles. The number of carbonyl (C=O) groups excluding carboxylic acids is 1. The van der Waals surface area contributed by atoms with Gasteiger partial charge in [0.25, 0.3) is 0 Å². The molecule has 0 unspecified atom stereocenters. The van der Waals surface area contributed by atoms with Crippen molar-refractivity contribution in [2.45, 2.75) is 32.2 Å². The Kier molecular flexibility index (Phi) is 9.47. The maximum atomic E-state index is 12.5. The van der Waals surface area contributed by atoms with Crippen LogP contribution in [0.5, 0.6) is 11.5 Å². The van der Waals surface area contributed by atoms with Crippen molar-refractivity contribution in [3.8, 4) is 11.5 Å². The van der Waals surface area contributed by atoms with E-state index in [1.165, 1.54) is 5.56 Å². The molecule has 2 aromatic carbocycles. The van der Waals surface area contributed by atoms with Crippen molar-refractivity contribution in [2.75, 3.05) is 14.2 Å². The van der Waals surface area contributed by atoms with Gasteiger partial charge in [-0.3, -0.25) is 9.78 Å².